The van der Waals surface area contributed by atoms with E-state index in [2.05, 4.69) is 5.10 Å². The predicted octanol–water partition coefficient (Wildman–Crippen LogP) is 3.97. The Morgan fingerprint density at radius 1 is 1.00 bits per heavy atom. The van der Waals surface area contributed by atoms with Crippen molar-refractivity contribution in [3.05, 3.63) is 58.1 Å². The molecule has 96 valence electrons. The van der Waals surface area contributed by atoms with Crippen LogP contribution in [-0.2, 0) is 6.54 Å². The minimum atomic E-state index is 0.496. The van der Waals surface area contributed by atoms with Crippen molar-refractivity contribution in [2.24, 2.45) is 0 Å². The largest absolute Gasteiger partial charge is 0.382 e. The normalized spacial score (nSPS) is 11.1. The zero-order valence-electron chi connectivity index (χ0n) is 9.98. The number of fused-ring (bicyclic) bond motifs is 1. The summed E-state index contributed by atoms with van der Waals surface area (Å²) in [5.74, 6) is 0.513. The molecule has 19 heavy (non-hydrogen) atoms. The smallest absolute Gasteiger partial charge is 0.153 e. The first-order valence-electron chi connectivity index (χ1n) is 5.81. The number of nitrogens with zero attached hydrogens (tertiary/aromatic N) is 2. The van der Waals surface area contributed by atoms with Gasteiger partial charge in [-0.2, -0.15) is 5.10 Å². The van der Waals surface area contributed by atoms with E-state index in [4.69, 9.17) is 28.9 Å². The number of aromatic nitrogens is 2. The van der Waals surface area contributed by atoms with Crippen LogP contribution in [0.25, 0.3) is 10.9 Å². The van der Waals surface area contributed by atoms with Crippen LogP contribution in [0.5, 0.6) is 0 Å². The Hall–Kier alpha value is -1.71. The van der Waals surface area contributed by atoms with Crippen molar-refractivity contribution >= 4 is 39.9 Å². The van der Waals surface area contributed by atoms with Gasteiger partial charge in [0, 0.05) is 21.0 Å². The second-order valence-corrected chi connectivity index (χ2v) is 5.07. The molecule has 0 amide bonds. The Bertz CT molecular complexity index is 729. The number of halogens is 2. The zero-order valence-corrected chi connectivity index (χ0v) is 11.5. The van der Waals surface area contributed by atoms with Gasteiger partial charge in [-0.3, -0.25) is 4.68 Å². The molecule has 0 radical (unpaired) electrons. The summed E-state index contributed by atoms with van der Waals surface area (Å²) in [5.41, 5.74) is 7.72. The van der Waals surface area contributed by atoms with Gasteiger partial charge in [-0.25, -0.2) is 0 Å². The fourth-order valence-corrected chi connectivity index (χ4v) is 2.62. The highest BCUT2D eigenvalue weighted by Crippen LogP contribution is 2.27. The van der Waals surface area contributed by atoms with Crippen LogP contribution in [0.1, 0.15) is 5.56 Å². The summed E-state index contributed by atoms with van der Waals surface area (Å²) >= 11 is 12.4. The molecule has 0 saturated carbocycles. The van der Waals surface area contributed by atoms with E-state index in [-0.39, 0.29) is 0 Å². The molecule has 0 fully saturated rings. The molecule has 0 atom stereocenters. The van der Waals surface area contributed by atoms with Gasteiger partial charge in [0.1, 0.15) is 0 Å². The van der Waals surface area contributed by atoms with E-state index in [1.165, 1.54) is 0 Å². The van der Waals surface area contributed by atoms with Gasteiger partial charge in [0.05, 0.1) is 12.1 Å². The number of benzene rings is 2. The van der Waals surface area contributed by atoms with Crippen molar-refractivity contribution in [2.75, 3.05) is 5.73 Å². The molecule has 0 saturated heterocycles. The molecule has 2 aromatic carbocycles. The molecule has 0 aliphatic heterocycles. The highest BCUT2D eigenvalue weighted by molar-refractivity contribution is 6.36. The molecule has 0 unspecified atom stereocenters. The summed E-state index contributed by atoms with van der Waals surface area (Å²) in [6, 6.07) is 13.3. The molecule has 3 aromatic rings. The van der Waals surface area contributed by atoms with Crippen molar-refractivity contribution in [1.82, 2.24) is 9.78 Å². The minimum absolute atomic E-state index is 0.496. The fourth-order valence-electron chi connectivity index (χ4n) is 2.11. The van der Waals surface area contributed by atoms with E-state index in [0.29, 0.717) is 22.4 Å². The van der Waals surface area contributed by atoms with Crippen LogP contribution in [0.3, 0.4) is 0 Å². The maximum atomic E-state index is 6.18. The average Bonchev–Trinajstić information content (AvgIpc) is 2.72. The van der Waals surface area contributed by atoms with Crippen LogP contribution in [0, 0.1) is 0 Å². The Morgan fingerprint density at radius 3 is 2.42 bits per heavy atom. The van der Waals surface area contributed by atoms with E-state index < -0.39 is 0 Å². The van der Waals surface area contributed by atoms with Crippen LogP contribution in [0.15, 0.2) is 42.5 Å². The van der Waals surface area contributed by atoms with Crippen molar-refractivity contribution < 1.29 is 0 Å². The first-order valence-corrected chi connectivity index (χ1v) is 6.56. The summed E-state index contributed by atoms with van der Waals surface area (Å²) in [6.07, 6.45) is 0. The topological polar surface area (TPSA) is 43.8 Å². The van der Waals surface area contributed by atoms with Crippen LogP contribution in [0.2, 0.25) is 10.0 Å². The van der Waals surface area contributed by atoms with Gasteiger partial charge in [0.15, 0.2) is 5.82 Å². The molecule has 0 spiro atoms. The van der Waals surface area contributed by atoms with Gasteiger partial charge in [0.25, 0.3) is 0 Å². The Balaban J connectivity index is 2.11. The molecule has 3 nitrogen and oxygen atoms in total. The van der Waals surface area contributed by atoms with Crippen molar-refractivity contribution in [2.45, 2.75) is 6.54 Å². The van der Waals surface area contributed by atoms with Crippen LogP contribution >= 0.6 is 23.2 Å². The van der Waals surface area contributed by atoms with E-state index >= 15 is 0 Å². The fraction of sp³-hybridized carbons (Fsp3) is 0.0714. The summed E-state index contributed by atoms with van der Waals surface area (Å²) in [6.45, 7) is 0.496. The molecule has 5 heteroatoms. The highest BCUT2D eigenvalue weighted by atomic mass is 35.5. The standard InChI is InChI=1S/C14H11Cl2N3/c15-11-5-3-6-12(16)10(11)8-19-13-7-2-1-4-9(13)14(17)18-19/h1-7H,8H2,(H2,17,18). The molecular weight excluding hydrogens is 281 g/mol. The second-order valence-electron chi connectivity index (χ2n) is 4.26. The van der Waals surface area contributed by atoms with E-state index in [1.807, 2.05) is 47.1 Å². The molecule has 1 heterocycles. The Labute approximate surface area is 120 Å². The number of nitrogen functional groups attached to an aromatic ring is 1. The average molecular weight is 292 g/mol. The van der Waals surface area contributed by atoms with E-state index in [0.717, 1.165) is 16.5 Å². The number of nitrogens with two attached hydrogens (primary N) is 1. The first kappa shape index (κ1) is 12.3. The minimum Gasteiger partial charge on any atom is -0.382 e. The molecule has 0 aliphatic rings. The summed E-state index contributed by atoms with van der Waals surface area (Å²) in [7, 11) is 0. The van der Waals surface area contributed by atoms with Gasteiger partial charge in [0.2, 0.25) is 0 Å². The maximum Gasteiger partial charge on any atom is 0.153 e. The van der Waals surface area contributed by atoms with Crippen molar-refractivity contribution in [3.63, 3.8) is 0 Å². The number of hydrogen-bond acceptors (Lipinski definition) is 2. The molecule has 0 bridgehead atoms. The lowest BCUT2D eigenvalue weighted by atomic mass is 10.2. The van der Waals surface area contributed by atoms with Crippen molar-refractivity contribution in [1.29, 1.82) is 0 Å². The van der Waals surface area contributed by atoms with E-state index in [1.54, 1.807) is 0 Å². The maximum absolute atomic E-state index is 6.18. The monoisotopic (exact) mass is 291 g/mol. The van der Waals surface area contributed by atoms with Crippen LogP contribution < -0.4 is 5.73 Å². The SMILES string of the molecule is Nc1nn(Cc2c(Cl)cccc2Cl)c2ccccc12. The van der Waals surface area contributed by atoms with Gasteiger partial charge >= 0.3 is 0 Å². The van der Waals surface area contributed by atoms with Gasteiger partial charge < -0.3 is 5.73 Å². The number of para-hydroxylation sites is 1. The summed E-state index contributed by atoms with van der Waals surface area (Å²) in [5, 5.41) is 6.54. The molecule has 1 aromatic heterocycles. The highest BCUT2D eigenvalue weighted by Gasteiger charge is 2.11. The molecule has 0 aliphatic carbocycles. The zero-order chi connectivity index (χ0) is 13.4. The lowest BCUT2D eigenvalue weighted by Gasteiger charge is -2.08. The van der Waals surface area contributed by atoms with Crippen LogP contribution in [0.4, 0.5) is 5.82 Å². The van der Waals surface area contributed by atoms with Gasteiger partial charge in [-0.1, -0.05) is 41.4 Å². The van der Waals surface area contributed by atoms with Gasteiger partial charge in [-0.15, -0.1) is 0 Å². The Kier molecular flexibility index (Phi) is 3.09. The quantitative estimate of drug-likeness (QED) is 0.776. The summed E-state index contributed by atoms with van der Waals surface area (Å²) in [4.78, 5) is 0. The third-order valence-corrected chi connectivity index (χ3v) is 3.76. The van der Waals surface area contributed by atoms with Crippen molar-refractivity contribution in [3.8, 4) is 0 Å². The molecular formula is C14H11Cl2N3. The third kappa shape index (κ3) is 2.15. The van der Waals surface area contributed by atoms with Gasteiger partial charge in [-0.05, 0) is 24.3 Å². The number of rotatable bonds is 2. The first-order chi connectivity index (χ1) is 9.16. The molecule has 2 N–H and O–H groups in total. The molecule has 3 rings (SSSR count). The lowest BCUT2D eigenvalue weighted by molar-refractivity contribution is 0.716. The number of anilines is 1. The van der Waals surface area contributed by atoms with Crippen LogP contribution in [-0.4, -0.2) is 9.78 Å². The van der Waals surface area contributed by atoms with E-state index in [9.17, 15) is 0 Å². The number of hydrogen-bond donors (Lipinski definition) is 1. The predicted molar refractivity (Wildman–Crippen MR) is 79.7 cm³/mol. The summed E-state index contributed by atoms with van der Waals surface area (Å²) < 4.78 is 1.82. The second kappa shape index (κ2) is 4.76. The Morgan fingerprint density at radius 2 is 1.68 bits per heavy atom. The lowest BCUT2D eigenvalue weighted by Crippen LogP contribution is -2.03. The third-order valence-electron chi connectivity index (χ3n) is 3.06.